The van der Waals surface area contributed by atoms with E-state index in [0.29, 0.717) is 12.0 Å². The lowest BCUT2D eigenvalue weighted by atomic mass is 10.1. The molecule has 2 atom stereocenters. The lowest BCUT2D eigenvalue weighted by molar-refractivity contribution is 0.0505. The van der Waals surface area contributed by atoms with Crippen LogP contribution in [0.5, 0.6) is 5.75 Å². The third-order valence-corrected chi connectivity index (χ3v) is 12.9. The molecule has 2 aromatic heterocycles. The quantitative estimate of drug-likeness (QED) is 0.131. The molecule has 0 bridgehead atoms. The summed E-state index contributed by atoms with van der Waals surface area (Å²) in [6, 6.07) is 4.64. The topological polar surface area (TPSA) is 115 Å². The van der Waals surface area contributed by atoms with E-state index < -0.39 is 25.8 Å². The second-order valence-corrected chi connectivity index (χ2v) is 19.6. The number of hydrogen-bond donors (Lipinski definition) is 3. The molecule has 9 nitrogen and oxygen atoms in total. The average Bonchev–Trinajstić information content (AvgIpc) is 3.45. The van der Waals surface area contributed by atoms with E-state index in [1.54, 1.807) is 10.7 Å². The molecular weight excluding hydrogens is 655 g/mol. The highest BCUT2D eigenvalue weighted by Crippen LogP contribution is 2.40. The molecular formula is C30H41BrClFN6O3Si. The largest absolute Gasteiger partial charge is 0.542 e. The first-order chi connectivity index (χ1) is 19.8. The van der Waals surface area contributed by atoms with Crippen molar-refractivity contribution in [3.8, 4) is 5.75 Å². The highest BCUT2D eigenvalue weighted by molar-refractivity contribution is 9.10. The van der Waals surface area contributed by atoms with Crippen molar-refractivity contribution in [2.24, 2.45) is 10.7 Å². The number of hydrogen-bond acceptors (Lipinski definition) is 6. The number of aromatic nitrogens is 2. The second kappa shape index (κ2) is 12.3. The number of carbonyl (C=O) groups is 1. The molecule has 2 heterocycles. The Kier molecular flexibility index (Phi) is 9.44. The Morgan fingerprint density at radius 1 is 1.19 bits per heavy atom. The van der Waals surface area contributed by atoms with Crippen molar-refractivity contribution in [3.05, 3.63) is 51.5 Å². The van der Waals surface area contributed by atoms with E-state index in [1.807, 2.05) is 46.1 Å². The Hall–Kier alpha value is -2.83. The molecule has 0 spiro atoms. The Morgan fingerprint density at radius 2 is 1.86 bits per heavy atom. The first-order valence-electron chi connectivity index (χ1n) is 14.3. The van der Waals surface area contributed by atoms with Crippen molar-refractivity contribution in [2.45, 2.75) is 96.6 Å². The van der Waals surface area contributed by atoms with Gasteiger partial charge < -0.3 is 25.5 Å². The van der Waals surface area contributed by atoms with Gasteiger partial charge >= 0.3 is 6.09 Å². The number of amides is 1. The van der Waals surface area contributed by atoms with Gasteiger partial charge in [0.05, 0.1) is 33.7 Å². The number of rotatable bonds is 7. The molecule has 3 aromatic rings. The number of nitrogens with one attached hydrogen (secondary N) is 2. The number of alkyl carbamates (subject to hydrolysis) is 1. The molecule has 13 heteroatoms. The van der Waals surface area contributed by atoms with Crippen molar-refractivity contribution in [2.75, 3.05) is 5.32 Å². The summed E-state index contributed by atoms with van der Waals surface area (Å²) in [6.07, 6.45) is 5.33. The second-order valence-electron chi connectivity index (χ2n) is 13.5. The predicted octanol–water partition coefficient (Wildman–Crippen LogP) is 8.17. The summed E-state index contributed by atoms with van der Waals surface area (Å²) in [5, 5.41) is 11.2. The third kappa shape index (κ3) is 8.01. The molecule has 1 amide bonds. The van der Waals surface area contributed by atoms with E-state index >= 15 is 4.39 Å². The van der Waals surface area contributed by atoms with Gasteiger partial charge in [-0.3, -0.25) is 0 Å². The maximum absolute atomic E-state index is 15.2. The van der Waals surface area contributed by atoms with Crippen molar-refractivity contribution in [1.29, 1.82) is 0 Å². The van der Waals surface area contributed by atoms with Gasteiger partial charge in [-0.25, -0.2) is 18.7 Å². The minimum absolute atomic E-state index is 0.0352. The fraction of sp³-hybridized carbons (Fsp3) is 0.500. The maximum atomic E-state index is 15.2. The smallest absolute Gasteiger partial charge is 0.407 e. The van der Waals surface area contributed by atoms with Gasteiger partial charge in [-0.15, -0.1) is 0 Å². The van der Waals surface area contributed by atoms with Gasteiger partial charge in [0.25, 0.3) is 8.32 Å². The zero-order chi connectivity index (χ0) is 31.9. The lowest BCUT2D eigenvalue weighted by Gasteiger charge is -2.36. The fourth-order valence-corrected chi connectivity index (χ4v) is 6.21. The zero-order valence-corrected chi connectivity index (χ0v) is 29.3. The van der Waals surface area contributed by atoms with E-state index in [9.17, 15) is 4.79 Å². The van der Waals surface area contributed by atoms with E-state index in [0.717, 1.165) is 28.5 Å². The van der Waals surface area contributed by atoms with Crippen LogP contribution >= 0.6 is 27.5 Å². The predicted molar refractivity (Wildman–Crippen MR) is 177 cm³/mol. The van der Waals surface area contributed by atoms with Crippen LogP contribution in [0, 0.1) is 5.82 Å². The number of benzene rings is 1. The average molecular weight is 696 g/mol. The number of ether oxygens (including phenoxy) is 1. The summed E-state index contributed by atoms with van der Waals surface area (Å²) >= 11 is 10.1. The molecule has 4 N–H and O–H groups in total. The standard InChI is InChI=1S/C30H41BrClFN6O3Si/c1-29(2,3)41-28(40)37-19-10-9-18(12-19)36-26-20(15-35-39-16-17(31)11-24(26)39)27(34)38-23-14-22(33)25(13-21(23)32)42-43(7,8)30(4,5)6/h11,13-16,18-19,36H,9-10,12H2,1-8H3,(H2,34,38)(H,37,40)/t18-,19+/m1/s1. The Morgan fingerprint density at radius 3 is 2.51 bits per heavy atom. The van der Waals surface area contributed by atoms with Crippen LogP contribution < -0.4 is 20.8 Å². The molecule has 1 saturated carbocycles. The molecule has 1 aliphatic carbocycles. The Labute approximate surface area is 267 Å². The van der Waals surface area contributed by atoms with Crippen molar-refractivity contribution >= 4 is 64.7 Å². The first-order valence-corrected chi connectivity index (χ1v) is 18.4. The van der Waals surface area contributed by atoms with E-state index in [2.05, 4.69) is 57.4 Å². The van der Waals surface area contributed by atoms with Crippen LogP contribution in [0.25, 0.3) is 5.52 Å². The number of nitrogens with zero attached hydrogens (tertiary/aromatic N) is 3. The van der Waals surface area contributed by atoms with Crippen molar-refractivity contribution in [1.82, 2.24) is 14.9 Å². The van der Waals surface area contributed by atoms with E-state index in [4.69, 9.17) is 26.5 Å². The number of halogens is 3. The zero-order valence-electron chi connectivity index (χ0n) is 25.9. The molecule has 0 saturated heterocycles. The number of amidine groups is 1. The monoisotopic (exact) mass is 694 g/mol. The number of nitrogens with two attached hydrogens (primary N) is 1. The van der Waals surface area contributed by atoms with Gasteiger partial charge in [-0.05, 0) is 80.2 Å². The van der Waals surface area contributed by atoms with Gasteiger partial charge in [0.2, 0.25) is 0 Å². The Bertz CT molecular complexity index is 1550. The van der Waals surface area contributed by atoms with Gasteiger partial charge in [-0.2, -0.15) is 5.10 Å². The lowest BCUT2D eigenvalue weighted by Crippen LogP contribution is -2.44. The molecule has 234 valence electrons. The SMILES string of the molecule is CC(C)(C)OC(=O)N[C@H]1CC[C@@H](Nc2c(C(N)=Nc3cc(F)c(O[Si](C)(C)C(C)(C)C)cc3Cl)cnn3cc(Br)cc23)C1. The molecule has 4 rings (SSSR count). The number of fused-ring (bicyclic) bond motifs is 1. The maximum Gasteiger partial charge on any atom is 0.407 e. The van der Waals surface area contributed by atoms with Crippen LogP contribution in [0.15, 0.2) is 40.1 Å². The summed E-state index contributed by atoms with van der Waals surface area (Å²) in [5.41, 5.74) is 8.20. The summed E-state index contributed by atoms with van der Waals surface area (Å²) in [6.45, 7) is 15.8. The van der Waals surface area contributed by atoms with Gasteiger partial charge in [0.15, 0.2) is 5.82 Å². The molecule has 0 aliphatic heterocycles. The Balaban J connectivity index is 1.61. The number of aliphatic imine (C=N–C) groups is 1. The van der Waals surface area contributed by atoms with Crippen LogP contribution in [0.3, 0.4) is 0 Å². The highest BCUT2D eigenvalue weighted by atomic mass is 79.9. The molecule has 1 aromatic carbocycles. The van der Waals surface area contributed by atoms with Crippen molar-refractivity contribution < 1.29 is 18.3 Å². The van der Waals surface area contributed by atoms with Gasteiger partial charge in [0.1, 0.15) is 17.2 Å². The van der Waals surface area contributed by atoms with Crippen LogP contribution in [-0.4, -0.2) is 47.5 Å². The van der Waals surface area contributed by atoms with Crippen LogP contribution in [-0.2, 0) is 4.74 Å². The van der Waals surface area contributed by atoms with Crippen molar-refractivity contribution in [3.63, 3.8) is 0 Å². The molecule has 1 aliphatic rings. The fourth-order valence-electron chi connectivity index (χ4n) is 4.59. The summed E-state index contributed by atoms with van der Waals surface area (Å²) in [5.74, 6) is -0.332. The first kappa shape index (κ1) is 33.1. The summed E-state index contributed by atoms with van der Waals surface area (Å²) in [4.78, 5) is 16.8. The molecule has 0 unspecified atom stereocenters. The number of carbonyl (C=O) groups excluding carboxylic acids is 1. The normalized spacial score (nSPS) is 18.2. The van der Waals surface area contributed by atoms with E-state index in [1.165, 1.54) is 12.1 Å². The molecule has 1 fully saturated rings. The minimum atomic E-state index is -2.29. The van der Waals surface area contributed by atoms with Crippen LogP contribution in [0.4, 0.5) is 20.6 Å². The molecule has 0 radical (unpaired) electrons. The number of anilines is 1. The highest BCUT2D eigenvalue weighted by Gasteiger charge is 2.39. The van der Waals surface area contributed by atoms with E-state index in [-0.39, 0.29) is 39.4 Å². The van der Waals surface area contributed by atoms with Crippen LogP contribution in [0.1, 0.15) is 66.4 Å². The van der Waals surface area contributed by atoms with Gasteiger partial charge in [-0.1, -0.05) is 32.4 Å². The third-order valence-electron chi connectivity index (χ3n) is 7.80. The summed E-state index contributed by atoms with van der Waals surface area (Å²) in [7, 11) is -2.29. The summed E-state index contributed by atoms with van der Waals surface area (Å²) < 4.78 is 29.4. The van der Waals surface area contributed by atoms with Gasteiger partial charge in [0, 0.05) is 34.9 Å². The minimum Gasteiger partial charge on any atom is -0.542 e. The molecule has 43 heavy (non-hydrogen) atoms. The van der Waals surface area contributed by atoms with Crippen LogP contribution in [0.2, 0.25) is 23.2 Å².